The second-order valence-electron chi connectivity index (χ2n) is 3.82. The summed E-state index contributed by atoms with van der Waals surface area (Å²) < 4.78 is 4.66. The fourth-order valence-corrected chi connectivity index (χ4v) is 1.48. The zero-order chi connectivity index (χ0) is 12.8. The Kier molecular flexibility index (Phi) is 4.46. The smallest absolute Gasteiger partial charge is 0.310 e. The quantitative estimate of drug-likeness (QED) is 0.731. The lowest BCUT2D eigenvalue weighted by molar-refractivity contribution is -0.144. The van der Waals surface area contributed by atoms with Crippen LogP contribution in [0.2, 0.25) is 0 Å². The first-order chi connectivity index (χ1) is 8.08. The van der Waals surface area contributed by atoms with Gasteiger partial charge in [0, 0.05) is 19.8 Å². The standard InChI is InChI=1S/C12H15N3O2/c1-9(12(16)17-3)8-15(2)11-6-10(7-13)4-5-14-11/h4-6,9H,8H2,1-3H3. The lowest BCUT2D eigenvalue weighted by Gasteiger charge is -2.21. The molecule has 0 aromatic carbocycles. The van der Waals surface area contributed by atoms with E-state index in [0.717, 1.165) is 0 Å². The predicted molar refractivity (Wildman–Crippen MR) is 63.4 cm³/mol. The molecule has 1 rings (SSSR count). The Morgan fingerprint density at radius 3 is 3.00 bits per heavy atom. The van der Waals surface area contributed by atoms with Gasteiger partial charge in [-0.3, -0.25) is 4.79 Å². The van der Waals surface area contributed by atoms with Crippen LogP contribution in [-0.2, 0) is 9.53 Å². The number of anilines is 1. The number of pyridine rings is 1. The third-order valence-electron chi connectivity index (χ3n) is 2.42. The minimum atomic E-state index is -0.256. The minimum Gasteiger partial charge on any atom is -0.469 e. The number of hydrogen-bond acceptors (Lipinski definition) is 5. The van der Waals surface area contributed by atoms with Crippen molar-refractivity contribution in [3.05, 3.63) is 23.9 Å². The predicted octanol–water partition coefficient (Wildman–Crippen LogP) is 1.20. The van der Waals surface area contributed by atoms with Crippen molar-refractivity contribution in [3.8, 4) is 6.07 Å². The number of hydrogen-bond donors (Lipinski definition) is 0. The van der Waals surface area contributed by atoms with Crippen LogP contribution in [0.15, 0.2) is 18.3 Å². The van der Waals surface area contributed by atoms with E-state index in [4.69, 9.17) is 5.26 Å². The number of ether oxygens (including phenoxy) is 1. The van der Waals surface area contributed by atoms with E-state index in [9.17, 15) is 4.79 Å². The summed E-state index contributed by atoms with van der Waals surface area (Å²) in [5.41, 5.74) is 0.549. The van der Waals surface area contributed by atoms with Gasteiger partial charge in [-0.1, -0.05) is 6.92 Å². The van der Waals surface area contributed by atoms with Gasteiger partial charge in [0.15, 0.2) is 0 Å². The van der Waals surface area contributed by atoms with Gasteiger partial charge in [-0.2, -0.15) is 5.26 Å². The van der Waals surface area contributed by atoms with E-state index in [2.05, 4.69) is 15.8 Å². The van der Waals surface area contributed by atoms with E-state index < -0.39 is 0 Å². The fourth-order valence-electron chi connectivity index (χ4n) is 1.48. The average Bonchev–Trinajstić information content (AvgIpc) is 2.37. The van der Waals surface area contributed by atoms with Crippen LogP contribution in [0.3, 0.4) is 0 Å². The summed E-state index contributed by atoms with van der Waals surface area (Å²) in [7, 11) is 3.19. The molecule has 0 N–H and O–H groups in total. The van der Waals surface area contributed by atoms with Crippen molar-refractivity contribution in [2.75, 3.05) is 25.6 Å². The van der Waals surface area contributed by atoms with Crippen LogP contribution >= 0.6 is 0 Å². The van der Waals surface area contributed by atoms with E-state index in [1.807, 2.05) is 11.9 Å². The first kappa shape index (κ1) is 13.0. The molecular weight excluding hydrogens is 218 g/mol. The number of nitrogens with zero attached hydrogens (tertiary/aromatic N) is 3. The molecule has 1 aromatic heterocycles. The summed E-state index contributed by atoms with van der Waals surface area (Å²) in [4.78, 5) is 17.3. The van der Waals surface area contributed by atoms with E-state index >= 15 is 0 Å². The summed E-state index contributed by atoms with van der Waals surface area (Å²) in [5, 5.41) is 8.78. The molecule has 0 saturated heterocycles. The topological polar surface area (TPSA) is 66.2 Å². The molecule has 0 aliphatic heterocycles. The van der Waals surface area contributed by atoms with Gasteiger partial charge in [-0.05, 0) is 12.1 Å². The van der Waals surface area contributed by atoms with E-state index in [1.165, 1.54) is 7.11 Å². The monoisotopic (exact) mass is 233 g/mol. The van der Waals surface area contributed by atoms with Gasteiger partial charge in [0.1, 0.15) is 5.82 Å². The molecule has 1 atom stereocenters. The summed E-state index contributed by atoms with van der Waals surface area (Å²) >= 11 is 0. The van der Waals surface area contributed by atoms with E-state index in [-0.39, 0.29) is 11.9 Å². The molecule has 0 fully saturated rings. The third-order valence-corrected chi connectivity index (χ3v) is 2.42. The molecule has 0 saturated carbocycles. The van der Waals surface area contributed by atoms with Crippen LogP contribution in [0, 0.1) is 17.2 Å². The number of aromatic nitrogens is 1. The zero-order valence-electron chi connectivity index (χ0n) is 10.2. The third kappa shape index (κ3) is 3.45. The van der Waals surface area contributed by atoms with Gasteiger partial charge in [-0.15, -0.1) is 0 Å². The second-order valence-corrected chi connectivity index (χ2v) is 3.82. The minimum absolute atomic E-state index is 0.238. The molecule has 5 nitrogen and oxygen atoms in total. The number of esters is 1. The van der Waals surface area contributed by atoms with Crippen molar-refractivity contribution in [3.63, 3.8) is 0 Å². The molecule has 1 aromatic rings. The largest absolute Gasteiger partial charge is 0.469 e. The van der Waals surface area contributed by atoms with Gasteiger partial charge < -0.3 is 9.64 Å². The van der Waals surface area contributed by atoms with Crippen molar-refractivity contribution in [2.24, 2.45) is 5.92 Å². The number of carbonyl (C=O) groups is 1. The van der Waals surface area contributed by atoms with Gasteiger partial charge in [0.05, 0.1) is 24.7 Å². The number of methoxy groups -OCH3 is 1. The normalized spacial score (nSPS) is 11.4. The van der Waals surface area contributed by atoms with Crippen molar-refractivity contribution < 1.29 is 9.53 Å². The molecule has 5 heteroatoms. The van der Waals surface area contributed by atoms with E-state index in [1.54, 1.807) is 25.3 Å². The Labute approximate surface area is 101 Å². The summed E-state index contributed by atoms with van der Waals surface area (Å²) in [5.74, 6) is 0.172. The Morgan fingerprint density at radius 2 is 2.41 bits per heavy atom. The highest BCUT2D eigenvalue weighted by Crippen LogP contribution is 2.12. The summed E-state index contributed by atoms with van der Waals surface area (Å²) in [6, 6.07) is 5.38. The molecule has 0 bridgehead atoms. The molecular formula is C12H15N3O2. The lowest BCUT2D eigenvalue weighted by atomic mass is 10.1. The molecule has 0 amide bonds. The Morgan fingerprint density at radius 1 is 1.71 bits per heavy atom. The van der Waals surface area contributed by atoms with Crippen molar-refractivity contribution in [1.29, 1.82) is 5.26 Å². The highest BCUT2D eigenvalue weighted by molar-refractivity contribution is 5.72. The van der Waals surface area contributed by atoms with Crippen LogP contribution in [0.5, 0.6) is 0 Å². The zero-order valence-corrected chi connectivity index (χ0v) is 10.2. The first-order valence-corrected chi connectivity index (χ1v) is 5.23. The van der Waals surface area contributed by atoms with Crippen molar-refractivity contribution >= 4 is 11.8 Å². The molecule has 1 unspecified atom stereocenters. The highest BCUT2D eigenvalue weighted by Gasteiger charge is 2.16. The second kappa shape index (κ2) is 5.85. The Bertz CT molecular complexity index is 440. The van der Waals surface area contributed by atoms with Gasteiger partial charge >= 0.3 is 5.97 Å². The maximum atomic E-state index is 11.3. The van der Waals surface area contributed by atoms with Gasteiger partial charge in [0.25, 0.3) is 0 Å². The SMILES string of the molecule is COC(=O)C(C)CN(C)c1cc(C#N)ccn1. The van der Waals surface area contributed by atoms with Crippen LogP contribution in [-0.4, -0.2) is 31.7 Å². The lowest BCUT2D eigenvalue weighted by Crippen LogP contribution is -2.29. The fraction of sp³-hybridized carbons (Fsp3) is 0.417. The highest BCUT2D eigenvalue weighted by atomic mass is 16.5. The Hall–Kier alpha value is -2.09. The maximum Gasteiger partial charge on any atom is 0.310 e. The average molecular weight is 233 g/mol. The first-order valence-electron chi connectivity index (χ1n) is 5.23. The molecule has 0 radical (unpaired) electrons. The number of rotatable bonds is 4. The molecule has 1 heterocycles. The van der Waals surface area contributed by atoms with Crippen LogP contribution in [0.1, 0.15) is 12.5 Å². The molecule has 17 heavy (non-hydrogen) atoms. The van der Waals surface area contributed by atoms with Crippen molar-refractivity contribution in [1.82, 2.24) is 4.98 Å². The van der Waals surface area contributed by atoms with E-state index in [0.29, 0.717) is 17.9 Å². The number of nitriles is 1. The Balaban J connectivity index is 2.73. The van der Waals surface area contributed by atoms with Gasteiger partial charge in [0.2, 0.25) is 0 Å². The van der Waals surface area contributed by atoms with Crippen LogP contribution < -0.4 is 4.90 Å². The van der Waals surface area contributed by atoms with Crippen LogP contribution in [0.25, 0.3) is 0 Å². The summed E-state index contributed by atoms with van der Waals surface area (Å²) in [6.45, 7) is 2.28. The number of carbonyl (C=O) groups excluding carboxylic acids is 1. The molecule has 0 spiro atoms. The summed E-state index contributed by atoms with van der Waals surface area (Å²) in [6.07, 6.45) is 1.58. The molecule has 90 valence electrons. The van der Waals surface area contributed by atoms with Crippen molar-refractivity contribution in [2.45, 2.75) is 6.92 Å². The molecule has 0 aliphatic rings. The van der Waals surface area contributed by atoms with Crippen LogP contribution in [0.4, 0.5) is 5.82 Å². The molecule has 0 aliphatic carbocycles. The van der Waals surface area contributed by atoms with Gasteiger partial charge in [-0.25, -0.2) is 4.98 Å². The maximum absolute atomic E-state index is 11.3.